The molecular formula is C11H14FNO2. The molecule has 0 heterocycles. The monoisotopic (exact) mass is 211 g/mol. The van der Waals surface area contributed by atoms with Gasteiger partial charge in [0.15, 0.2) is 11.6 Å². The molecule has 2 N–H and O–H groups in total. The molecule has 0 aromatic heterocycles. The molecule has 0 bridgehead atoms. The maximum absolute atomic E-state index is 13.1. The van der Waals surface area contributed by atoms with Crippen LogP contribution in [0.25, 0.3) is 0 Å². The van der Waals surface area contributed by atoms with Crippen LogP contribution in [0.3, 0.4) is 0 Å². The summed E-state index contributed by atoms with van der Waals surface area (Å²) in [4.78, 5) is 0. The molecule has 2 rings (SSSR count). The minimum atomic E-state index is -0.390. The Morgan fingerprint density at radius 3 is 2.80 bits per heavy atom. The predicted molar refractivity (Wildman–Crippen MR) is 54.6 cm³/mol. The van der Waals surface area contributed by atoms with E-state index in [4.69, 9.17) is 15.2 Å². The Morgan fingerprint density at radius 1 is 1.47 bits per heavy atom. The van der Waals surface area contributed by atoms with Crippen LogP contribution in [0.4, 0.5) is 4.39 Å². The number of hydrogen-bond acceptors (Lipinski definition) is 3. The predicted octanol–water partition coefficient (Wildman–Crippen LogP) is 1.70. The molecule has 0 unspecified atom stereocenters. The maximum Gasteiger partial charge on any atom is 0.165 e. The highest BCUT2D eigenvalue weighted by atomic mass is 19.1. The summed E-state index contributed by atoms with van der Waals surface area (Å²) in [5, 5.41) is 0. The SMILES string of the molecule is COc1cc(OCC2(N)CC2)ccc1F. The lowest BCUT2D eigenvalue weighted by molar-refractivity contribution is 0.276. The van der Waals surface area contributed by atoms with E-state index in [-0.39, 0.29) is 11.3 Å². The zero-order valence-electron chi connectivity index (χ0n) is 8.63. The lowest BCUT2D eigenvalue weighted by Gasteiger charge is -2.11. The summed E-state index contributed by atoms with van der Waals surface area (Å²) in [6, 6.07) is 4.43. The van der Waals surface area contributed by atoms with Gasteiger partial charge in [0.1, 0.15) is 12.4 Å². The van der Waals surface area contributed by atoms with Gasteiger partial charge in [-0.1, -0.05) is 0 Å². The summed E-state index contributed by atoms with van der Waals surface area (Å²) >= 11 is 0. The van der Waals surface area contributed by atoms with Crippen LogP contribution in [0, 0.1) is 5.82 Å². The average molecular weight is 211 g/mol. The first-order valence-corrected chi connectivity index (χ1v) is 4.88. The Labute approximate surface area is 88.0 Å². The van der Waals surface area contributed by atoms with Gasteiger partial charge < -0.3 is 15.2 Å². The molecule has 1 aromatic rings. The summed E-state index contributed by atoms with van der Waals surface area (Å²) in [5.41, 5.74) is 5.70. The second-order valence-electron chi connectivity index (χ2n) is 3.95. The van der Waals surface area contributed by atoms with Gasteiger partial charge in [0.2, 0.25) is 0 Å². The maximum atomic E-state index is 13.1. The van der Waals surface area contributed by atoms with Crippen molar-refractivity contribution in [2.75, 3.05) is 13.7 Å². The molecule has 1 aromatic carbocycles. The van der Waals surface area contributed by atoms with E-state index in [0.717, 1.165) is 12.8 Å². The van der Waals surface area contributed by atoms with Gasteiger partial charge in [-0.2, -0.15) is 0 Å². The molecule has 0 atom stereocenters. The van der Waals surface area contributed by atoms with Gasteiger partial charge >= 0.3 is 0 Å². The molecule has 0 spiro atoms. The van der Waals surface area contributed by atoms with E-state index in [1.165, 1.54) is 19.2 Å². The Bertz CT molecular complexity index is 364. The number of hydrogen-bond donors (Lipinski definition) is 1. The second kappa shape index (κ2) is 3.70. The van der Waals surface area contributed by atoms with Crippen molar-refractivity contribution in [3.05, 3.63) is 24.0 Å². The van der Waals surface area contributed by atoms with E-state index in [9.17, 15) is 4.39 Å². The number of rotatable bonds is 4. The molecule has 82 valence electrons. The Hall–Kier alpha value is -1.29. The molecule has 15 heavy (non-hydrogen) atoms. The summed E-state index contributed by atoms with van der Waals surface area (Å²) in [6.45, 7) is 0.474. The first kappa shape index (κ1) is 10.2. The third-order valence-corrected chi connectivity index (χ3v) is 2.54. The van der Waals surface area contributed by atoms with E-state index in [2.05, 4.69) is 0 Å². The molecule has 0 radical (unpaired) electrons. The molecule has 0 saturated heterocycles. The number of benzene rings is 1. The standard InChI is InChI=1S/C11H14FNO2/c1-14-10-6-8(2-3-9(10)12)15-7-11(13)4-5-11/h2-3,6H,4-5,7,13H2,1H3. The zero-order chi connectivity index (χ0) is 10.9. The average Bonchev–Trinajstić information content (AvgIpc) is 2.96. The van der Waals surface area contributed by atoms with Gasteiger partial charge in [0, 0.05) is 6.07 Å². The summed E-state index contributed by atoms with van der Waals surface area (Å²) in [7, 11) is 1.42. The van der Waals surface area contributed by atoms with Crippen LogP contribution >= 0.6 is 0 Å². The van der Waals surface area contributed by atoms with Gasteiger partial charge in [-0.3, -0.25) is 0 Å². The van der Waals surface area contributed by atoms with E-state index < -0.39 is 5.82 Å². The van der Waals surface area contributed by atoms with E-state index >= 15 is 0 Å². The topological polar surface area (TPSA) is 44.5 Å². The molecule has 3 nitrogen and oxygen atoms in total. The van der Waals surface area contributed by atoms with Crippen LogP contribution in [0.1, 0.15) is 12.8 Å². The minimum absolute atomic E-state index is 0.165. The van der Waals surface area contributed by atoms with Gasteiger partial charge in [0.05, 0.1) is 12.6 Å². The smallest absolute Gasteiger partial charge is 0.165 e. The van der Waals surface area contributed by atoms with Crippen molar-refractivity contribution in [2.45, 2.75) is 18.4 Å². The Balaban J connectivity index is 2.01. The van der Waals surface area contributed by atoms with Crippen LogP contribution in [0.15, 0.2) is 18.2 Å². The van der Waals surface area contributed by atoms with Crippen molar-refractivity contribution >= 4 is 0 Å². The molecule has 1 saturated carbocycles. The summed E-state index contributed by atoms with van der Waals surface area (Å²) in [5.74, 6) is 0.387. The fourth-order valence-corrected chi connectivity index (χ4v) is 1.26. The van der Waals surface area contributed by atoms with Gasteiger partial charge in [-0.25, -0.2) is 4.39 Å². The first-order chi connectivity index (χ1) is 7.13. The number of nitrogens with two attached hydrogens (primary N) is 1. The Kier molecular flexibility index (Phi) is 2.52. The zero-order valence-corrected chi connectivity index (χ0v) is 8.63. The highest BCUT2D eigenvalue weighted by Crippen LogP contribution is 2.33. The lowest BCUT2D eigenvalue weighted by Crippen LogP contribution is -2.29. The van der Waals surface area contributed by atoms with Crippen LogP contribution in [0.2, 0.25) is 0 Å². The molecule has 1 aliphatic carbocycles. The second-order valence-corrected chi connectivity index (χ2v) is 3.95. The fraction of sp³-hybridized carbons (Fsp3) is 0.455. The highest BCUT2D eigenvalue weighted by Gasteiger charge is 2.39. The Morgan fingerprint density at radius 2 is 2.20 bits per heavy atom. The van der Waals surface area contributed by atoms with Crippen molar-refractivity contribution in [1.82, 2.24) is 0 Å². The molecule has 1 aliphatic rings. The van der Waals surface area contributed by atoms with E-state index in [0.29, 0.717) is 12.4 Å². The number of ether oxygens (including phenoxy) is 2. The summed E-state index contributed by atoms with van der Waals surface area (Å²) < 4.78 is 23.4. The normalized spacial score (nSPS) is 17.3. The fourth-order valence-electron chi connectivity index (χ4n) is 1.26. The largest absolute Gasteiger partial charge is 0.494 e. The third-order valence-electron chi connectivity index (χ3n) is 2.54. The quantitative estimate of drug-likeness (QED) is 0.824. The number of methoxy groups -OCH3 is 1. The molecular weight excluding hydrogens is 197 g/mol. The van der Waals surface area contributed by atoms with E-state index in [1.54, 1.807) is 6.07 Å². The van der Waals surface area contributed by atoms with Crippen molar-refractivity contribution in [3.63, 3.8) is 0 Å². The van der Waals surface area contributed by atoms with Crippen molar-refractivity contribution in [1.29, 1.82) is 0 Å². The van der Waals surface area contributed by atoms with Crippen LogP contribution in [-0.4, -0.2) is 19.3 Å². The molecule has 0 amide bonds. The van der Waals surface area contributed by atoms with Gasteiger partial charge in [-0.05, 0) is 25.0 Å². The van der Waals surface area contributed by atoms with Gasteiger partial charge in [-0.15, -0.1) is 0 Å². The van der Waals surface area contributed by atoms with Crippen LogP contribution in [0.5, 0.6) is 11.5 Å². The van der Waals surface area contributed by atoms with Crippen LogP contribution < -0.4 is 15.2 Å². The van der Waals surface area contributed by atoms with Crippen molar-refractivity contribution < 1.29 is 13.9 Å². The molecule has 0 aliphatic heterocycles. The third kappa shape index (κ3) is 2.39. The molecule has 4 heteroatoms. The first-order valence-electron chi connectivity index (χ1n) is 4.88. The molecule has 1 fully saturated rings. The van der Waals surface area contributed by atoms with Crippen LogP contribution in [-0.2, 0) is 0 Å². The number of halogens is 1. The van der Waals surface area contributed by atoms with Gasteiger partial charge in [0.25, 0.3) is 0 Å². The lowest BCUT2D eigenvalue weighted by atomic mass is 10.3. The minimum Gasteiger partial charge on any atom is -0.494 e. The van der Waals surface area contributed by atoms with E-state index in [1.807, 2.05) is 0 Å². The van der Waals surface area contributed by atoms with Crippen molar-refractivity contribution in [2.24, 2.45) is 5.73 Å². The van der Waals surface area contributed by atoms with Crippen molar-refractivity contribution in [3.8, 4) is 11.5 Å². The summed E-state index contributed by atoms with van der Waals surface area (Å²) in [6.07, 6.45) is 1.98. The highest BCUT2D eigenvalue weighted by molar-refractivity contribution is 5.34.